The molecule has 0 unspecified atom stereocenters. The van der Waals surface area contributed by atoms with Crippen LogP contribution in [0.5, 0.6) is 5.75 Å². The molecule has 0 aliphatic carbocycles. The van der Waals surface area contributed by atoms with E-state index in [1.807, 2.05) is 0 Å². The topological polar surface area (TPSA) is 105 Å². The van der Waals surface area contributed by atoms with Gasteiger partial charge in [0.2, 0.25) is 0 Å². The molecule has 98 valence electrons. The van der Waals surface area contributed by atoms with Crippen LogP contribution in [0.15, 0.2) is 12.1 Å². The Balaban J connectivity index is 3.05. The molecule has 1 aromatic carbocycles. The van der Waals surface area contributed by atoms with E-state index in [0.29, 0.717) is 0 Å². The van der Waals surface area contributed by atoms with Crippen molar-refractivity contribution in [3.8, 4) is 5.75 Å². The van der Waals surface area contributed by atoms with E-state index in [1.165, 1.54) is 26.2 Å². The zero-order valence-electron chi connectivity index (χ0n) is 9.90. The highest BCUT2D eigenvalue weighted by Gasteiger charge is 2.20. The summed E-state index contributed by atoms with van der Waals surface area (Å²) in [6.45, 7) is 1.37. The average molecular weight is 273 g/mol. The van der Waals surface area contributed by atoms with E-state index in [-0.39, 0.29) is 22.0 Å². The van der Waals surface area contributed by atoms with E-state index in [0.717, 1.165) is 0 Å². The summed E-state index contributed by atoms with van der Waals surface area (Å²) < 4.78 is 9.83. The zero-order chi connectivity index (χ0) is 13.9. The first kappa shape index (κ1) is 14.1. The number of halogens is 1. The van der Waals surface area contributed by atoms with Crippen LogP contribution in [0.4, 0.5) is 5.69 Å². The molecular weight excluding hydrogens is 260 g/mol. The number of methoxy groups -OCH3 is 1. The standard InChI is InChI=1S/C11H13ClN2O4/c1-5(10(14)15)18-11(16)6-3-7(12)8(13)4-9(6)17-2/h3-5H,13H2,1-2H3,(H2,14,15)/t5-/m0/s1. The molecule has 0 spiro atoms. The number of anilines is 1. The molecule has 6 nitrogen and oxygen atoms in total. The van der Waals surface area contributed by atoms with Gasteiger partial charge in [0, 0.05) is 6.07 Å². The predicted molar refractivity (Wildman–Crippen MR) is 66.5 cm³/mol. The fourth-order valence-corrected chi connectivity index (χ4v) is 1.34. The van der Waals surface area contributed by atoms with Gasteiger partial charge in [-0.3, -0.25) is 4.79 Å². The fraction of sp³-hybridized carbons (Fsp3) is 0.273. The number of nitrogens with two attached hydrogens (primary N) is 2. The lowest BCUT2D eigenvalue weighted by molar-refractivity contribution is -0.125. The van der Waals surface area contributed by atoms with Crippen molar-refractivity contribution < 1.29 is 19.1 Å². The second-order valence-corrected chi connectivity index (χ2v) is 3.93. The maximum absolute atomic E-state index is 11.8. The first-order valence-corrected chi connectivity index (χ1v) is 5.38. The van der Waals surface area contributed by atoms with Crippen LogP contribution in [0.1, 0.15) is 17.3 Å². The first-order valence-electron chi connectivity index (χ1n) is 5.00. The lowest BCUT2D eigenvalue weighted by Crippen LogP contribution is -2.30. The second kappa shape index (κ2) is 5.59. The first-order chi connectivity index (χ1) is 8.36. The Morgan fingerprint density at radius 1 is 1.39 bits per heavy atom. The molecule has 1 amide bonds. The molecule has 0 bridgehead atoms. The van der Waals surface area contributed by atoms with Crippen molar-refractivity contribution >= 4 is 29.2 Å². The largest absolute Gasteiger partial charge is 0.496 e. The van der Waals surface area contributed by atoms with Gasteiger partial charge >= 0.3 is 5.97 Å². The summed E-state index contributed by atoms with van der Waals surface area (Å²) in [6.07, 6.45) is -1.04. The highest BCUT2D eigenvalue weighted by Crippen LogP contribution is 2.29. The molecule has 4 N–H and O–H groups in total. The molecule has 0 radical (unpaired) electrons. The van der Waals surface area contributed by atoms with Gasteiger partial charge in [-0.25, -0.2) is 4.79 Å². The van der Waals surface area contributed by atoms with Crippen LogP contribution in [0, 0.1) is 0 Å². The Morgan fingerprint density at radius 3 is 2.50 bits per heavy atom. The number of primary amides is 1. The third-order valence-electron chi connectivity index (χ3n) is 2.22. The molecule has 1 rings (SSSR count). The van der Waals surface area contributed by atoms with Crippen molar-refractivity contribution in [2.24, 2.45) is 5.73 Å². The van der Waals surface area contributed by atoms with Crippen LogP contribution in [0.2, 0.25) is 5.02 Å². The quantitative estimate of drug-likeness (QED) is 0.627. The Hall–Kier alpha value is -1.95. The fourth-order valence-electron chi connectivity index (χ4n) is 1.18. The molecule has 18 heavy (non-hydrogen) atoms. The van der Waals surface area contributed by atoms with E-state index in [9.17, 15) is 9.59 Å². The number of hydrogen-bond donors (Lipinski definition) is 2. The number of amides is 1. The molecule has 0 aliphatic rings. The van der Waals surface area contributed by atoms with Crippen molar-refractivity contribution in [3.63, 3.8) is 0 Å². The number of carbonyl (C=O) groups excluding carboxylic acids is 2. The van der Waals surface area contributed by atoms with E-state index in [2.05, 4.69) is 0 Å². The third-order valence-corrected chi connectivity index (χ3v) is 2.55. The summed E-state index contributed by atoms with van der Waals surface area (Å²) in [6, 6.07) is 2.71. The maximum Gasteiger partial charge on any atom is 0.342 e. The zero-order valence-corrected chi connectivity index (χ0v) is 10.7. The van der Waals surface area contributed by atoms with Gasteiger partial charge in [-0.2, -0.15) is 0 Å². The molecule has 0 saturated carbocycles. The molecule has 1 aromatic rings. The average Bonchev–Trinajstić information content (AvgIpc) is 2.31. The van der Waals surface area contributed by atoms with Crippen LogP contribution < -0.4 is 16.2 Å². The molecule has 0 aliphatic heterocycles. The summed E-state index contributed by atoms with van der Waals surface area (Å²) in [7, 11) is 1.37. The van der Waals surface area contributed by atoms with Crippen molar-refractivity contribution in [1.29, 1.82) is 0 Å². The Bertz CT molecular complexity index is 490. The van der Waals surface area contributed by atoms with Crippen LogP contribution in [0.3, 0.4) is 0 Å². The molecular formula is C11H13ClN2O4. The predicted octanol–water partition coefficient (Wildman–Crippen LogP) is 0.961. The number of rotatable bonds is 4. The smallest absolute Gasteiger partial charge is 0.342 e. The van der Waals surface area contributed by atoms with Gasteiger partial charge in [-0.1, -0.05) is 11.6 Å². The maximum atomic E-state index is 11.8. The minimum absolute atomic E-state index is 0.0739. The molecule has 0 heterocycles. The molecule has 0 fully saturated rings. The van der Waals surface area contributed by atoms with Gasteiger partial charge in [-0.15, -0.1) is 0 Å². The van der Waals surface area contributed by atoms with Gasteiger partial charge in [0.05, 0.1) is 17.8 Å². The molecule has 0 saturated heterocycles. The second-order valence-electron chi connectivity index (χ2n) is 3.52. The molecule has 0 aromatic heterocycles. The SMILES string of the molecule is COc1cc(N)c(Cl)cc1C(=O)O[C@@H](C)C(N)=O. The Labute approximate surface area is 109 Å². The lowest BCUT2D eigenvalue weighted by Gasteiger charge is -2.13. The van der Waals surface area contributed by atoms with E-state index < -0.39 is 18.0 Å². The van der Waals surface area contributed by atoms with Crippen LogP contribution >= 0.6 is 11.6 Å². The van der Waals surface area contributed by atoms with Crippen molar-refractivity contribution in [2.45, 2.75) is 13.0 Å². The summed E-state index contributed by atoms with van der Waals surface area (Å²) in [4.78, 5) is 22.6. The number of carbonyl (C=O) groups is 2. The summed E-state index contributed by atoms with van der Waals surface area (Å²) in [5, 5.41) is 0.189. The highest BCUT2D eigenvalue weighted by molar-refractivity contribution is 6.33. The Morgan fingerprint density at radius 2 is 2.00 bits per heavy atom. The highest BCUT2D eigenvalue weighted by atomic mass is 35.5. The van der Waals surface area contributed by atoms with E-state index in [1.54, 1.807) is 0 Å². The van der Waals surface area contributed by atoms with E-state index >= 15 is 0 Å². The van der Waals surface area contributed by atoms with Gasteiger partial charge in [0.15, 0.2) is 6.10 Å². The minimum Gasteiger partial charge on any atom is -0.496 e. The Kier molecular flexibility index (Phi) is 4.38. The molecule has 7 heteroatoms. The minimum atomic E-state index is -1.04. The van der Waals surface area contributed by atoms with Crippen LogP contribution in [0.25, 0.3) is 0 Å². The van der Waals surface area contributed by atoms with Gasteiger partial charge < -0.3 is 20.9 Å². The number of benzene rings is 1. The van der Waals surface area contributed by atoms with Gasteiger partial charge in [0.1, 0.15) is 11.3 Å². The lowest BCUT2D eigenvalue weighted by atomic mass is 10.2. The van der Waals surface area contributed by atoms with Crippen LogP contribution in [-0.2, 0) is 9.53 Å². The number of ether oxygens (including phenoxy) is 2. The van der Waals surface area contributed by atoms with Gasteiger partial charge in [0.25, 0.3) is 5.91 Å². The summed E-state index contributed by atoms with van der Waals surface area (Å²) in [5.41, 5.74) is 10.9. The monoisotopic (exact) mass is 272 g/mol. The van der Waals surface area contributed by atoms with Crippen molar-refractivity contribution in [1.82, 2.24) is 0 Å². The third kappa shape index (κ3) is 3.04. The normalized spacial score (nSPS) is 11.7. The van der Waals surface area contributed by atoms with Crippen LogP contribution in [-0.4, -0.2) is 25.1 Å². The number of nitrogen functional groups attached to an aromatic ring is 1. The van der Waals surface area contributed by atoms with Gasteiger partial charge in [-0.05, 0) is 13.0 Å². The number of hydrogen-bond acceptors (Lipinski definition) is 5. The number of esters is 1. The van der Waals surface area contributed by atoms with E-state index in [4.69, 9.17) is 32.5 Å². The summed E-state index contributed by atoms with van der Waals surface area (Å²) in [5.74, 6) is -1.30. The van der Waals surface area contributed by atoms with Crippen molar-refractivity contribution in [3.05, 3.63) is 22.7 Å². The molecule has 1 atom stereocenters. The summed E-state index contributed by atoms with van der Waals surface area (Å²) >= 11 is 5.81. The van der Waals surface area contributed by atoms with Crippen molar-refractivity contribution in [2.75, 3.05) is 12.8 Å².